The molecule has 0 atom stereocenters. The predicted molar refractivity (Wildman–Crippen MR) is 104 cm³/mol. The number of aromatic nitrogens is 3. The van der Waals surface area contributed by atoms with E-state index in [9.17, 15) is 9.59 Å². The number of para-hydroxylation sites is 2. The monoisotopic (exact) mass is 364 g/mol. The summed E-state index contributed by atoms with van der Waals surface area (Å²) in [5.41, 5.74) is 5.00. The van der Waals surface area contributed by atoms with Crippen molar-refractivity contribution in [3.63, 3.8) is 0 Å². The number of aryl methyl sites for hydroxylation is 1. The molecule has 0 fully saturated rings. The van der Waals surface area contributed by atoms with Crippen LogP contribution in [0, 0.1) is 4.77 Å². The molecule has 3 N–H and O–H groups in total. The third-order valence-corrected chi connectivity index (χ3v) is 4.62. The van der Waals surface area contributed by atoms with Gasteiger partial charge in [0, 0.05) is 23.5 Å². The third-order valence-electron chi connectivity index (χ3n) is 4.34. The van der Waals surface area contributed by atoms with Gasteiger partial charge in [-0.3, -0.25) is 15.0 Å². The van der Waals surface area contributed by atoms with Crippen LogP contribution in [0.4, 0.5) is 0 Å². The molecule has 26 heavy (non-hydrogen) atoms. The third kappa shape index (κ3) is 2.93. The van der Waals surface area contributed by atoms with Crippen LogP contribution in [0.15, 0.2) is 59.5 Å². The SMILES string of the molecule is O=C(CCc1c[nH]c2ccccc12)Nn1c(=S)[nH]c2ccccc2c1=O. The van der Waals surface area contributed by atoms with Gasteiger partial charge >= 0.3 is 0 Å². The van der Waals surface area contributed by atoms with Crippen LogP contribution in [-0.4, -0.2) is 20.6 Å². The van der Waals surface area contributed by atoms with E-state index in [0.717, 1.165) is 21.1 Å². The smallest absolute Gasteiger partial charge is 0.281 e. The quantitative estimate of drug-likeness (QED) is 0.486. The van der Waals surface area contributed by atoms with E-state index in [1.165, 1.54) is 0 Å². The van der Waals surface area contributed by atoms with Crippen LogP contribution >= 0.6 is 12.2 Å². The summed E-state index contributed by atoms with van der Waals surface area (Å²) in [4.78, 5) is 31.0. The number of hydrogen-bond acceptors (Lipinski definition) is 3. The summed E-state index contributed by atoms with van der Waals surface area (Å²) in [6.45, 7) is 0. The van der Waals surface area contributed by atoms with Gasteiger partial charge in [0.25, 0.3) is 5.56 Å². The topological polar surface area (TPSA) is 82.7 Å². The average molecular weight is 364 g/mol. The lowest BCUT2D eigenvalue weighted by molar-refractivity contribution is -0.117. The molecule has 0 saturated carbocycles. The number of nitrogens with one attached hydrogen (secondary N) is 3. The van der Waals surface area contributed by atoms with Gasteiger partial charge in [-0.2, -0.15) is 4.68 Å². The highest BCUT2D eigenvalue weighted by atomic mass is 32.1. The van der Waals surface area contributed by atoms with Crippen molar-refractivity contribution >= 4 is 39.9 Å². The normalized spacial score (nSPS) is 11.1. The van der Waals surface area contributed by atoms with Crippen LogP contribution in [-0.2, 0) is 11.2 Å². The highest BCUT2D eigenvalue weighted by molar-refractivity contribution is 7.71. The minimum atomic E-state index is -0.343. The number of benzene rings is 2. The molecule has 0 spiro atoms. The second-order valence-electron chi connectivity index (χ2n) is 6.01. The van der Waals surface area contributed by atoms with Crippen molar-refractivity contribution in [3.05, 3.63) is 75.4 Å². The van der Waals surface area contributed by atoms with Crippen molar-refractivity contribution in [2.24, 2.45) is 0 Å². The van der Waals surface area contributed by atoms with Crippen molar-refractivity contribution in [1.29, 1.82) is 0 Å². The largest absolute Gasteiger partial charge is 0.361 e. The first-order valence-electron chi connectivity index (χ1n) is 8.22. The van der Waals surface area contributed by atoms with Crippen molar-refractivity contribution in [2.75, 3.05) is 5.43 Å². The number of amides is 1. The molecule has 0 aliphatic carbocycles. The highest BCUT2D eigenvalue weighted by Crippen LogP contribution is 2.18. The first-order chi connectivity index (χ1) is 12.6. The summed E-state index contributed by atoms with van der Waals surface area (Å²) < 4.78 is 1.25. The second kappa shape index (κ2) is 6.61. The number of nitrogens with zero attached hydrogens (tertiary/aromatic N) is 1. The number of rotatable bonds is 4. The number of hydrogen-bond donors (Lipinski definition) is 3. The maximum atomic E-state index is 12.5. The number of carbonyl (C=O) groups excluding carboxylic acids is 1. The van der Waals surface area contributed by atoms with Gasteiger partial charge in [0.1, 0.15) is 0 Å². The van der Waals surface area contributed by atoms with Crippen molar-refractivity contribution in [1.82, 2.24) is 14.6 Å². The Balaban J connectivity index is 1.54. The van der Waals surface area contributed by atoms with E-state index < -0.39 is 0 Å². The minimum absolute atomic E-state index is 0.161. The van der Waals surface area contributed by atoms with Crippen molar-refractivity contribution in [3.8, 4) is 0 Å². The fraction of sp³-hybridized carbons (Fsp3) is 0.105. The fourth-order valence-electron chi connectivity index (χ4n) is 3.03. The lowest BCUT2D eigenvalue weighted by Gasteiger charge is -2.09. The lowest BCUT2D eigenvalue weighted by atomic mass is 10.1. The second-order valence-corrected chi connectivity index (χ2v) is 6.40. The van der Waals surface area contributed by atoms with Crippen LogP contribution in [0.3, 0.4) is 0 Å². The summed E-state index contributed by atoms with van der Waals surface area (Å²) in [6.07, 6.45) is 2.72. The highest BCUT2D eigenvalue weighted by Gasteiger charge is 2.10. The fourth-order valence-corrected chi connectivity index (χ4v) is 3.27. The molecule has 6 nitrogen and oxygen atoms in total. The zero-order valence-electron chi connectivity index (χ0n) is 13.8. The predicted octanol–water partition coefficient (Wildman–Crippen LogP) is 3.24. The van der Waals surface area contributed by atoms with Gasteiger partial charge in [0.15, 0.2) is 4.77 Å². The Labute approximate surface area is 153 Å². The number of fused-ring (bicyclic) bond motifs is 2. The van der Waals surface area contributed by atoms with Gasteiger partial charge in [0.2, 0.25) is 5.91 Å². The molecule has 4 rings (SSSR count). The van der Waals surface area contributed by atoms with Gasteiger partial charge in [-0.25, -0.2) is 0 Å². The van der Waals surface area contributed by atoms with Crippen LogP contribution in [0.1, 0.15) is 12.0 Å². The Morgan fingerprint density at radius 3 is 2.54 bits per heavy atom. The number of aromatic amines is 2. The Morgan fingerprint density at radius 2 is 1.73 bits per heavy atom. The van der Waals surface area contributed by atoms with Gasteiger partial charge in [0.05, 0.1) is 10.9 Å². The number of carbonyl (C=O) groups is 1. The van der Waals surface area contributed by atoms with E-state index in [2.05, 4.69) is 15.4 Å². The molecule has 0 radical (unpaired) electrons. The van der Waals surface area contributed by atoms with Gasteiger partial charge in [-0.15, -0.1) is 0 Å². The zero-order valence-corrected chi connectivity index (χ0v) is 14.6. The molecule has 2 heterocycles. The Bertz CT molecular complexity index is 1240. The molecule has 0 bridgehead atoms. The Morgan fingerprint density at radius 1 is 1.04 bits per heavy atom. The van der Waals surface area contributed by atoms with Gasteiger partial charge in [-0.1, -0.05) is 30.3 Å². The molecule has 2 aromatic carbocycles. The average Bonchev–Trinajstić information content (AvgIpc) is 3.07. The lowest BCUT2D eigenvalue weighted by Crippen LogP contribution is -2.34. The molecule has 0 unspecified atom stereocenters. The number of H-pyrrole nitrogens is 2. The molecule has 130 valence electrons. The Kier molecular flexibility index (Phi) is 4.14. The van der Waals surface area contributed by atoms with Crippen LogP contribution < -0.4 is 11.0 Å². The van der Waals surface area contributed by atoms with Crippen molar-refractivity contribution < 1.29 is 4.79 Å². The van der Waals surface area contributed by atoms with Gasteiger partial charge < -0.3 is 9.97 Å². The molecule has 2 aromatic heterocycles. The summed E-state index contributed by atoms with van der Waals surface area (Å²) in [7, 11) is 0. The maximum Gasteiger partial charge on any atom is 0.281 e. The van der Waals surface area contributed by atoms with E-state index in [1.807, 2.05) is 36.5 Å². The van der Waals surface area contributed by atoms with E-state index in [-0.39, 0.29) is 22.7 Å². The summed E-state index contributed by atoms with van der Waals surface area (Å²) in [5, 5.41) is 1.57. The molecule has 0 saturated heterocycles. The minimum Gasteiger partial charge on any atom is -0.361 e. The first kappa shape index (κ1) is 16.3. The molecule has 4 aromatic rings. The van der Waals surface area contributed by atoms with Crippen LogP contribution in [0.2, 0.25) is 0 Å². The van der Waals surface area contributed by atoms with E-state index >= 15 is 0 Å². The van der Waals surface area contributed by atoms with E-state index in [0.29, 0.717) is 17.3 Å². The zero-order chi connectivity index (χ0) is 18.1. The van der Waals surface area contributed by atoms with Crippen LogP contribution in [0.25, 0.3) is 21.8 Å². The maximum absolute atomic E-state index is 12.5. The van der Waals surface area contributed by atoms with Crippen molar-refractivity contribution in [2.45, 2.75) is 12.8 Å². The molecule has 7 heteroatoms. The van der Waals surface area contributed by atoms with E-state index in [1.54, 1.807) is 18.2 Å². The van der Waals surface area contributed by atoms with Crippen LogP contribution in [0.5, 0.6) is 0 Å². The summed E-state index contributed by atoms with van der Waals surface area (Å²) in [5.74, 6) is -0.271. The standard InChI is InChI=1S/C19H16N4O2S/c24-17(10-9-12-11-20-15-7-3-1-5-13(12)15)22-23-18(25)14-6-2-4-8-16(14)21-19(23)26/h1-8,11,20H,9-10H2,(H,21,26)(H,22,24). The Hall–Kier alpha value is -3.19. The molecule has 1 amide bonds. The molecule has 0 aliphatic rings. The van der Waals surface area contributed by atoms with Gasteiger partial charge in [-0.05, 0) is 42.4 Å². The summed E-state index contributed by atoms with van der Waals surface area (Å²) in [6, 6.07) is 15.0. The first-order valence-corrected chi connectivity index (χ1v) is 8.63. The van der Waals surface area contributed by atoms with E-state index in [4.69, 9.17) is 12.2 Å². The molecule has 0 aliphatic heterocycles. The molecular weight excluding hydrogens is 348 g/mol. The summed E-state index contributed by atoms with van der Waals surface area (Å²) >= 11 is 5.20. The molecular formula is C19H16N4O2S.